The molecule has 0 aliphatic heterocycles. The molecule has 1 atom stereocenters. The van der Waals surface area contributed by atoms with Crippen molar-refractivity contribution in [3.8, 4) is 0 Å². The Morgan fingerprint density at radius 3 is 2.24 bits per heavy atom. The molecule has 3 aromatic rings. The van der Waals surface area contributed by atoms with E-state index in [0.717, 1.165) is 37.0 Å². The molecule has 0 spiro atoms. The average molecular weight is 531 g/mol. The van der Waals surface area contributed by atoms with E-state index >= 15 is 0 Å². The maximum atomic E-state index is 11.2. The van der Waals surface area contributed by atoms with Crippen LogP contribution in [0.1, 0.15) is 72.0 Å². The van der Waals surface area contributed by atoms with Gasteiger partial charge >= 0.3 is 11.9 Å². The van der Waals surface area contributed by atoms with Crippen molar-refractivity contribution in [2.75, 3.05) is 5.75 Å². The van der Waals surface area contributed by atoms with Crippen LogP contribution in [-0.4, -0.2) is 27.9 Å². The average Bonchev–Trinajstić information content (AvgIpc) is 2.92. The predicted molar refractivity (Wildman–Crippen MR) is 157 cm³/mol. The van der Waals surface area contributed by atoms with Crippen LogP contribution in [-0.2, 0) is 17.6 Å². The lowest BCUT2D eigenvalue weighted by molar-refractivity contribution is -0.137. The number of aromatic carboxylic acids is 1. The molecule has 0 aromatic heterocycles. The molecule has 0 aliphatic rings. The highest BCUT2D eigenvalue weighted by molar-refractivity contribution is 7.99. The lowest BCUT2D eigenvalue weighted by Crippen LogP contribution is -2.04. The van der Waals surface area contributed by atoms with Gasteiger partial charge in [0.2, 0.25) is 0 Å². The summed E-state index contributed by atoms with van der Waals surface area (Å²) >= 11 is 1.91. The van der Waals surface area contributed by atoms with Crippen LogP contribution in [0.2, 0.25) is 0 Å². The minimum absolute atomic E-state index is 0.189. The molecule has 1 unspecified atom stereocenters. The number of hydrogen-bond donors (Lipinski definition) is 2. The van der Waals surface area contributed by atoms with Crippen LogP contribution in [0.15, 0.2) is 89.8 Å². The van der Waals surface area contributed by atoms with Crippen LogP contribution in [0.25, 0.3) is 6.08 Å². The van der Waals surface area contributed by atoms with Gasteiger partial charge in [-0.25, -0.2) is 4.79 Å². The maximum absolute atomic E-state index is 11.2. The highest BCUT2D eigenvalue weighted by Crippen LogP contribution is 2.27. The zero-order valence-electron chi connectivity index (χ0n) is 21.9. The van der Waals surface area contributed by atoms with Crippen LogP contribution in [0.5, 0.6) is 0 Å². The number of hydrogen-bond acceptors (Lipinski definition) is 3. The zero-order chi connectivity index (χ0) is 27.0. The number of carboxylic acid groups (broad SMARTS) is 2. The fraction of sp³-hybridized carbons (Fsp3) is 0.333. The Hall–Kier alpha value is -3.31. The van der Waals surface area contributed by atoms with Gasteiger partial charge in [-0.15, -0.1) is 11.8 Å². The second-order valence-corrected chi connectivity index (χ2v) is 10.8. The van der Waals surface area contributed by atoms with E-state index in [-0.39, 0.29) is 17.9 Å². The topological polar surface area (TPSA) is 74.6 Å². The SMILES string of the molecule is O=C(O)CCCCC(C=Cc1ccccc1SCCCCCc1ccccc1)Cc1ccc(C(=O)O)cc1. The van der Waals surface area contributed by atoms with E-state index < -0.39 is 11.9 Å². The van der Waals surface area contributed by atoms with E-state index in [1.54, 1.807) is 12.1 Å². The fourth-order valence-electron chi connectivity index (χ4n) is 4.46. The molecule has 0 amide bonds. The fourth-order valence-corrected chi connectivity index (χ4v) is 5.51. The summed E-state index contributed by atoms with van der Waals surface area (Å²) in [6, 6.07) is 26.2. The van der Waals surface area contributed by atoms with Gasteiger partial charge in [-0.1, -0.05) is 85.7 Å². The van der Waals surface area contributed by atoms with Gasteiger partial charge in [0.05, 0.1) is 5.56 Å². The Labute approximate surface area is 230 Å². The molecule has 5 heteroatoms. The van der Waals surface area contributed by atoms with Crippen molar-refractivity contribution in [1.29, 1.82) is 0 Å². The molecule has 4 nitrogen and oxygen atoms in total. The number of aliphatic carboxylic acids is 1. The number of carboxylic acids is 2. The third-order valence-electron chi connectivity index (χ3n) is 6.59. The van der Waals surface area contributed by atoms with Gasteiger partial charge in [0.25, 0.3) is 0 Å². The number of benzene rings is 3. The third-order valence-corrected chi connectivity index (χ3v) is 7.77. The van der Waals surface area contributed by atoms with Gasteiger partial charge in [-0.2, -0.15) is 0 Å². The Morgan fingerprint density at radius 1 is 0.763 bits per heavy atom. The number of thioether (sulfide) groups is 1. The molecule has 38 heavy (non-hydrogen) atoms. The van der Waals surface area contributed by atoms with Crippen molar-refractivity contribution in [3.05, 3.63) is 107 Å². The van der Waals surface area contributed by atoms with Crippen molar-refractivity contribution in [1.82, 2.24) is 0 Å². The van der Waals surface area contributed by atoms with Crippen molar-refractivity contribution in [2.45, 2.75) is 62.7 Å². The summed E-state index contributed by atoms with van der Waals surface area (Å²) in [4.78, 5) is 23.4. The van der Waals surface area contributed by atoms with E-state index in [1.165, 1.54) is 35.3 Å². The van der Waals surface area contributed by atoms with Crippen LogP contribution in [0, 0.1) is 5.92 Å². The molecule has 0 fully saturated rings. The number of carbonyl (C=O) groups is 2. The highest BCUT2D eigenvalue weighted by atomic mass is 32.2. The van der Waals surface area contributed by atoms with Gasteiger partial charge in [0.15, 0.2) is 0 Å². The second kappa shape index (κ2) is 16.5. The summed E-state index contributed by atoms with van der Waals surface area (Å²) in [6.07, 6.45) is 12.6. The minimum atomic E-state index is -0.924. The van der Waals surface area contributed by atoms with Gasteiger partial charge in [0.1, 0.15) is 0 Å². The molecule has 0 radical (unpaired) electrons. The Balaban J connectivity index is 1.56. The van der Waals surface area contributed by atoms with Gasteiger partial charge < -0.3 is 10.2 Å². The van der Waals surface area contributed by atoms with Crippen molar-refractivity contribution < 1.29 is 19.8 Å². The first kappa shape index (κ1) is 29.2. The molecule has 2 N–H and O–H groups in total. The summed E-state index contributed by atoms with van der Waals surface area (Å²) in [6.45, 7) is 0. The molecule has 0 bridgehead atoms. The molecule has 0 aliphatic carbocycles. The van der Waals surface area contributed by atoms with Crippen molar-refractivity contribution >= 4 is 29.8 Å². The first-order chi connectivity index (χ1) is 18.5. The largest absolute Gasteiger partial charge is 0.481 e. The summed E-state index contributed by atoms with van der Waals surface area (Å²) in [5.74, 6) is -0.344. The molecule has 3 aromatic carbocycles. The van der Waals surface area contributed by atoms with Crippen molar-refractivity contribution in [2.24, 2.45) is 5.92 Å². The van der Waals surface area contributed by atoms with E-state index in [9.17, 15) is 14.7 Å². The molecular weight excluding hydrogens is 492 g/mol. The molecule has 3 rings (SSSR count). The monoisotopic (exact) mass is 530 g/mol. The second-order valence-electron chi connectivity index (χ2n) is 9.65. The Bertz CT molecular complexity index is 1160. The lowest BCUT2D eigenvalue weighted by Gasteiger charge is -2.14. The standard InChI is InChI=1S/C33H38O4S/c34-32(35)17-9-6-14-27(25-28-19-22-30(23-20-28)33(36)37)18-21-29-15-7-8-16-31(29)38-24-10-2-5-13-26-11-3-1-4-12-26/h1,3-4,7-8,11-12,15-16,18-23,27H,2,5-6,9-10,13-14,17,24-25H2,(H,34,35)(H,36,37). The van der Waals surface area contributed by atoms with Crippen molar-refractivity contribution in [3.63, 3.8) is 0 Å². The van der Waals surface area contributed by atoms with Crippen LogP contribution in [0.4, 0.5) is 0 Å². The van der Waals surface area contributed by atoms with E-state index in [1.807, 2.05) is 23.9 Å². The first-order valence-electron chi connectivity index (χ1n) is 13.5. The summed E-state index contributed by atoms with van der Waals surface area (Å²) in [7, 11) is 0. The smallest absolute Gasteiger partial charge is 0.335 e. The molecule has 0 saturated carbocycles. The zero-order valence-corrected chi connectivity index (χ0v) is 22.7. The van der Waals surface area contributed by atoms with Crippen LogP contribution < -0.4 is 0 Å². The summed E-state index contributed by atoms with van der Waals surface area (Å²) in [5, 5.41) is 18.1. The predicted octanol–water partition coefficient (Wildman–Crippen LogP) is 8.41. The van der Waals surface area contributed by atoms with E-state index in [4.69, 9.17) is 5.11 Å². The van der Waals surface area contributed by atoms with Gasteiger partial charge in [0, 0.05) is 11.3 Å². The molecule has 0 heterocycles. The van der Waals surface area contributed by atoms with Gasteiger partial charge in [-0.3, -0.25) is 4.79 Å². The molecule has 0 saturated heterocycles. The van der Waals surface area contributed by atoms with Crippen LogP contribution in [0.3, 0.4) is 0 Å². The maximum Gasteiger partial charge on any atom is 0.335 e. The minimum Gasteiger partial charge on any atom is -0.481 e. The number of aryl methyl sites for hydroxylation is 1. The van der Waals surface area contributed by atoms with Gasteiger partial charge in [-0.05, 0) is 85.1 Å². The molecular formula is C33H38O4S. The van der Waals surface area contributed by atoms with E-state index in [2.05, 4.69) is 66.7 Å². The first-order valence-corrected chi connectivity index (χ1v) is 14.5. The lowest BCUT2D eigenvalue weighted by atomic mass is 9.92. The highest BCUT2D eigenvalue weighted by Gasteiger charge is 2.10. The van der Waals surface area contributed by atoms with Crippen LogP contribution >= 0.6 is 11.8 Å². The number of rotatable bonds is 17. The molecule has 200 valence electrons. The Morgan fingerprint density at radius 2 is 1.50 bits per heavy atom. The summed E-state index contributed by atoms with van der Waals surface area (Å²) in [5.41, 5.74) is 3.99. The Kier molecular flexibility index (Phi) is 12.7. The number of unbranched alkanes of at least 4 members (excludes halogenated alkanes) is 3. The third kappa shape index (κ3) is 11.0. The number of allylic oxidation sites excluding steroid dienone is 1. The van der Waals surface area contributed by atoms with E-state index in [0.29, 0.717) is 6.42 Å². The normalized spacial score (nSPS) is 12.0. The summed E-state index contributed by atoms with van der Waals surface area (Å²) < 4.78 is 0. The quantitative estimate of drug-likeness (QED) is 0.135.